The number of nitrogens with one attached hydrogen (secondary N) is 3. The maximum absolute atomic E-state index is 12.4. The molecule has 1 atom stereocenters. The molecular formula is C16H27N5O3. The molecule has 2 aliphatic heterocycles. The highest BCUT2D eigenvalue weighted by atomic mass is 16.2. The molecule has 0 bridgehead atoms. The first kappa shape index (κ1) is 17.2. The Morgan fingerprint density at radius 2 is 2.00 bits per heavy atom. The van der Waals surface area contributed by atoms with Gasteiger partial charge in [0.25, 0.3) is 5.91 Å². The molecule has 0 spiro atoms. The zero-order valence-corrected chi connectivity index (χ0v) is 14.3. The molecule has 0 aromatic carbocycles. The summed E-state index contributed by atoms with van der Waals surface area (Å²) in [4.78, 5) is 39.9. The number of rotatable bonds is 7. The molecule has 1 unspecified atom stereocenters. The normalized spacial score (nSPS) is 28.1. The van der Waals surface area contributed by atoms with Crippen molar-refractivity contribution in [2.45, 2.75) is 31.7 Å². The molecular weight excluding hydrogens is 310 g/mol. The minimum atomic E-state index is -0.820. The summed E-state index contributed by atoms with van der Waals surface area (Å²) in [6, 6.07) is -0.453. The van der Waals surface area contributed by atoms with Gasteiger partial charge in [0.2, 0.25) is 5.91 Å². The van der Waals surface area contributed by atoms with Crippen LogP contribution in [0.3, 0.4) is 0 Å². The molecule has 8 nitrogen and oxygen atoms in total. The van der Waals surface area contributed by atoms with Gasteiger partial charge in [-0.05, 0) is 38.6 Å². The quantitative estimate of drug-likeness (QED) is 0.414. The standard InChI is InChI=1S/C16H27N5O3/c1-16(12-3-4-12)14(23)21(15(24)19-16)11-13(22)18-5-2-8-20-9-6-17-7-10-20/h12,17H,2-11H2,1H3,(H,18,22)(H,19,24). The van der Waals surface area contributed by atoms with Gasteiger partial charge >= 0.3 is 6.03 Å². The van der Waals surface area contributed by atoms with Crippen LogP contribution in [0.5, 0.6) is 0 Å². The molecule has 3 fully saturated rings. The van der Waals surface area contributed by atoms with Gasteiger partial charge in [0.1, 0.15) is 12.1 Å². The molecule has 3 aliphatic rings. The molecule has 1 aliphatic carbocycles. The zero-order chi connectivity index (χ0) is 17.2. The maximum atomic E-state index is 12.4. The van der Waals surface area contributed by atoms with Crippen molar-refractivity contribution in [1.82, 2.24) is 25.8 Å². The number of amides is 4. The van der Waals surface area contributed by atoms with E-state index >= 15 is 0 Å². The number of nitrogens with zero attached hydrogens (tertiary/aromatic N) is 2. The van der Waals surface area contributed by atoms with Crippen LogP contribution in [0.25, 0.3) is 0 Å². The smallest absolute Gasteiger partial charge is 0.325 e. The number of piperazine rings is 1. The summed E-state index contributed by atoms with van der Waals surface area (Å²) in [5.74, 6) is -0.342. The van der Waals surface area contributed by atoms with Gasteiger partial charge in [-0.25, -0.2) is 4.79 Å². The largest absolute Gasteiger partial charge is 0.354 e. The Labute approximate surface area is 142 Å². The second kappa shape index (κ2) is 7.06. The summed E-state index contributed by atoms with van der Waals surface area (Å²) in [7, 11) is 0. The first-order valence-corrected chi connectivity index (χ1v) is 8.84. The summed E-state index contributed by atoms with van der Waals surface area (Å²) in [5, 5.41) is 8.86. The second-order valence-corrected chi connectivity index (χ2v) is 7.09. The van der Waals surface area contributed by atoms with Gasteiger partial charge in [0.05, 0.1) is 0 Å². The minimum absolute atomic E-state index is 0.194. The summed E-state index contributed by atoms with van der Waals surface area (Å²) < 4.78 is 0. The fraction of sp³-hybridized carbons (Fsp3) is 0.812. The highest BCUT2D eigenvalue weighted by Crippen LogP contribution is 2.42. The summed E-state index contributed by atoms with van der Waals surface area (Å²) in [5.41, 5.74) is -0.820. The number of urea groups is 1. The number of hydrogen-bond donors (Lipinski definition) is 3. The molecule has 8 heteroatoms. The minimum Gasteiger partial charge on any atom is -0.354 e. The summed E-state index contributed by atoms with van der Waals surface area (Å²) in [6.07, 6.45) is 2.77. The van der Waals surface area contributed by atoms with E-state index in [1.165, 1.54) is 0 Å². The lowest BCUT2D eigenvalue weighted by Crippen LogP contribution is -2.47. The van der Waals surface area contributed by atoms with E-state index in [4.69, 9.17) is 0 Å². The Morgan fingerprint density at radius 1 is 1.29 bits per heavy atom. The van der Waals surface area contributed by atoms with Gasteiger partial charge in [0, 0.05) is 32.7 Å². The van der Waals surface area contributed by atoms with E-state index in [2.05, 4.69) is 20.9 Å². The van der Waals surface area contributed by atoms with E-state index in [1.807, 2.05) is 0 Å². The van der Waals surface area contributed by atoms with Crippen molar-refractivity contribution >= 4 is 17.8 Å². The third kappa shape index (κ3) is 3.70. The third-order valence-electron chi connectivity index (χ3n) is 5.18. The van der Waals surface area contributed by atoms with Crippen LogP contribution in [-0.4, -0.2) is 79.0 Å². The van der Waals surface area contributed by atoms with Gasteiger partial charge in [-0.1, -0.05) is 0 Å². The Balaban J connectivity index is 1.38. The van der Waals surface area contributed by atoms with Crippen LogP contribution in [0.4, 0.5) is 4.79 Å². The van der Waals surface area contributed by atoms with Crippen LogP contribution >= 0.6 is 0 Å². The average molecular weight is 337 g/mol. The molecule has 24 heavy (non-hydrogen) atoms. The van der Waals surface area contributed by atoms with E-state index in [9.17, 15) is 14.4 Å². The Morgan fingerprint density at radius 3 is 2.67 bits per heavy atom. The first-order valence-electron chi connectivity index (χ1n) is 8.84. The molecule has 1 saturated carbocycles. The van der Waals surface area contributed by atoms with E-state index in [1.54, 1.807) is 6.92 Å². The second-order valence-electron chi connectivity index (χ2n) is 7.09. The fourth-order valence-electron chi connectivity index (χ4n) is 3.46. The molecule has 134 valence electrons. The Bertz CT molecular complexity index is 516. The highest BCUT2D eigenvalue weighted by Gasteiger charge is 2.56. The lowest BCUT2D eigenvalue weighted by Gasteiger charge is -2.27. The topological polar surface area (TPSA) is 93.8 Å². The first-order chi connectivity index (χ1) is 11.5. The van der Waals surface area contributed by atoms with Crippen molar-refractivity contribution in [2.24, 2.45) is 5.92 Å². The van der Waals surface area contributed by atoms with E-state index in [-0.39, 0.29) is 24.3 Å². The van der Waals surface area contributed by atoms with Gasteiger partial charge < -0.3 is 20.9 Å². The average Bonchev–Trinajstić information content (AvgIpc) is 3.39. The van der Waals surface area contributed by atoms with Crippen LogP contribution in [0, 0.1) is 5.92 Å². The molecule has 4 amide bonds. The third-order valence-corrected chi connectivity index (χ3v) is 5.18. The van der Waals surface area contributed by atoms with E-state index in [0.29, 0.717) is 6.54 Å². The van der Waals surface area contributed by atoms with Crippen LogP contribution in [0.1, 0.15) is 26.2 Å². The highest BCUT2D eigenvalue weighted by molar-refractivity contribution is 6.09. The Hall–Kier alpha value is -1.67. The van der Waals surface area contributed by atoms with Gasteiger partial charge in [0.15, 0.2) is 0 Å². The zero-order valence-electron chi connectivity index (χ0n) is 14.3. The number of carbonyl (C=O) groups is 3. The molecule has 0 aromatic heterocycles. The predicted molar refractivity (Wildman–Crippen MR) is 88.3 cm³/mol. The monoisotopic (exact) mass is 337 g/mol. The fourth-order valence-corrected chi connectivity index (χ4v) is 3.46. The predicted octanol–water partition coefficient (Wildman–Crippen LogP) is -0.882. The van der Waals surface area contributed by atoms with Crippen molar-refractivity contribution in [3.8, 4) is 0 Å². The SMILES string of the molecule is CC1(C2CC2)NC(=O)N(CC(=O)NCCCN2CCNCC2)C1=O. The van der Waals surface area contributed by atoms with Crippen molar-refractivity contribution < 1.29 is 14.4 Å². The van der Waals surface area contributed by atoms with Gasteiger partial charge in [-0.3, -0.25) is 14.5 Å². The summed E-state index contributed by atoms with van der Waals surface area (Å²) >= 11 is 0. The van der Waals surface area contributed by atoms with Crippen LogP contribution in [-0.2, 0) is 9.59 Å². The van der Waals surface area contributed by atoms with Crippen LogP contribution in [0.2, 0.25) is 0 Å². The maximum Gasteiger partial charge on any atom is 0.325 e. The number of imide groups is 1. The molecule has 3 N–H and O–H groups in total. The molecule has 0 radical (unpaired) electrons. The van der Waals surface area contributed by atoms with Crippen LogP contribution < -0.4 is 16.0 Å². The lowest BCUT2D eigenvalue weighted by molar-refractivity contribution is -0.135. The van der Waals surface area contributed by atoms with Gasteiger partial charge in [-0.2, -0.15) is 0 Å². The number of carbonyl (C=O) groups excluding carboxylic acids is 3. The van der Waals surface area contributed by atoms with Gasteiger partial charge in [-0.15, -0.1) is 0 Å². The molecule has 0 aromatic rings. The number of hydrogen-bond acceptors (Lipinski definition) is 5. The van der Waals surface area contributed by atoms with Crippen molar-refractivity contribution in [2.75, 3.05) is 45.8 Å². The van der Waals surface area contributed by atoms with Crippen LogP contribution in [0.15, 0.2) is 0 Å². The van der Waals surface area contributed by atoms with Crippen molar-refractivity contribution in [3.05, 3.63) is 0 Å². The van der Waals surface area contributed by atoms with Crippen molar-refractivity contribution in [1.29, 1.82) is 0 Å². The summed E-state index contributed by atoms with van der Waals surface area (Å²) in [6.45, 7) is 7.18. The molecule has 2 heterocycles. The molecule has 2 saturated heterocycles. The van der Waals surface area contributed by atoms with E-state index in [0.717, 1.165) is 56.9 Å². The van der Waals surface area contributed by atoms with E-state index < -0.39 is 11.6 Å². The molecule has 3 rings (SSSR count). The Kier molecular flexibility index (Phi) is 5.05. The van der Waals surface area contributed by atoms with Crippen molar-refractivity contribution in [3.63, 3.8) is 0 Å². The lowest BCUT2D eigenvalue weighted by atomic mass is 9.96.